The van der Waals surface area contributed by atoms with Gasteiger partial charge in [0.2, 0.25) is 0 Å². The molecule has 3 nitrogen and oxygen atoms in total. The maximum Gasteiger partial charge on any atom is 0.137 e. The molecular formula is C51H35N3. The molecule has 0 N–H and O–H groups in total. The average Bonchev–Trinajstić information content (AvgIpc) is 3.25. The van der Waals surface area contributed by atoms with Crippen molar-refractivity contribution in [3.8, 4) is 22.3 Å². The predicted molar refractivity (Wildman–Crippen MR) is 228 cm³/mol. The molecule has 0 saturated heterocycles. The number of benzene rings is 9. The Labute approximate surface area is 315 Å². The van der Waals surface area contributed by atoms with E-state index < -0.39 is 0 Å². The van der Waals surface area contributed by atoms with Gasteiger partial charge in [0.1, 0.15) is 5.82 Å². The van der Waals surface area contributed by atoms with E-state index in [4.69, 9.17) is 4.98 Å². The molecule has 0 saturated carbocycles. The Balaban J connectivity index is 1.23. The number of rotatable bonds is 8. The molecule has 10 rings (SSSR count). The summed E-state index contributed by atoms with van der Waals surface area (Å²) in [5.41, 5.74) is 10.2. The Morgan fingerprint density at radius 1 is 0.315 bits per heavy atom. The van der Waals surface area contributed by atoms with Crippen LogP contribution in [0.3, 0.4) is 0 Å². The van der Waals surface area contributed by atoms with Gasteiger partial charge in [0.05, 0.1) is 11.4 Å². The highest BCUT2D eigenvalue weighted by molar-refractivity contribution is 6.28. The standard InChI is InChI=1S/C51H35N3/c1-5-15-36(16-6-1)40-33-41(37-17-7-2-8-18-37)35-44(34-40)53(42-19-9-3-10-20-42)47-30-26-38-25-29-46-48(31-27-39-24-28-45(47)50(38)51(39)46)54(43-21-11-4-12-22-43)49-23-13-14-32-52-49/h1-35H. The fourth-order valence-corrected chi connectivity index (χ4v) is 7.96. The van der Waals surface area contributed by atoms with Gasteiger partial charge in [0.15, 0.2) is 0 Å². The number of anilines is 6. The molecule has 0 amide bonds. The van der Waals surface area contributed by atoms with Crippen LogP contribution in [0, 0.1) is 0 Å². The molecule has 0 aliphatic heterocycles. The van der Waals surface area contributed by atoms with Gasteiger partial charge >= 0.3 is 0 Å². The van der Waals surface area contributed by atoms with Gasteiger partial charge in [0, 0.05) is 34.0 Å². The van der Waals surface area contributed by atoms with Crippen molar-refractivity contribution in [2.24, 2.45) is 0 Å². The van der Waals surface area contributed by atoms with Gasteiger partial charge in [-0.15, -0.1) is 0 Å². The van der Waals surface area contributed by atoms with E-state index in [-0.39, 0.29) is 0 Å². The zero-order valence-corrected chi connectivity index (χ0v) is 29.5. The largest absolute Gasteiger partial charge is 0.310 e. The number of pyridine rings is 1. The van der Waals surface area contributed by atoms with E-state index >= 15 is 0 Å². The zero-order valence-electron chi connectivity index (χ0n) is 29.5. The Hall–Kier alpha value is -7.23. The molecule has 0 fully saturated rings. The zero-order chi connectivity index (χ0) is 35.8. The van der Waals surface area contributed by atoms with E-state index in [0.29, 0.717) is 0 Å². The molecule has 1 heterocycles. The van der Waals surface area contributed by atoms with Crippen molar-refractivity contribution in [1.82, 2.24) is 4.98 Å². The third-order valence-electron chi connectivity index (χ3n) is 10.4. The van der Waals surface area contributed by atoms with Crippen molar-refractivity contribution in [3.63, 3.8) is 0 Å². The minimum Gasteiger partial charge on any atom is -0.310 e. The maximum absolute atomic E-state index is 4.82. The second-order valence-corrected chi connectivity index (χ2v) is 13.6. The van der Waals surface area contributed by atoms with Crippen molar-refractivity contribution in [2.75, 3.05) is 9.80 Å². The maximum atomic E-state index is 4.82. The minimum atomic E-state index is 0.877. The highest BCUT2D eigenvalue weighted by atomic mass is 15.2. The molecule has 1 aromatic heterocycles. The van der Waals surface area contributed by atoms with Crippen molar-refractivity contribution >= 4 is 66.6 Å². The third kappa shape index (κ3) is 5.51. The second-order valence-electron chi connectivity index (χ2n) is 13.6. The summed E-state index contributed by atoms with van der Waals surface area (Å²) in [5, 5.41) is 7.30. The Bertz CT molecular complexity index is 2760. The second kappa shape index (κ2) is 13.4. The lowest BCUT2D eigenvalue weighted by Crippen LogP contribution is -2.12. The molecule has 3 heteroatoms. The van der Waals surface area contributed by atoms with Gasteiger partial charge in [-0.1, -0.05) is 140 Å². The highest BCUT2D eigenvalue weighted by Gasteiger charge is 2.22. The quantitative estimate of drug-likeness (QED) is 0.148. The molecule has 9 aromatic carbocycles. The van der Waals surface area contributed by atoms with Crippen molar-refractivity contribution in [1.29, 1.82) is 0 Å². The molecule has 254 valence electrons. The van der Waals surface area contributed by atoms with Gasteiger partial charge in [0.25, 0.3) is 0 Å². The Kier molecular flexibility index (Phi) is 7.81. The van der Waals surface area contributed by atoms with E-state index in [0.717, 1.165) is 34.3 Å². The number of aromatic nitrogens is 1. The van der Waals surface area contributed by atoms with E-state index in [9.17, 15) is 0 Å². The minimum absolute atomic E-state index is 0.877. The molecular weight excluding hydrogens is 655 g/mol. The molecule has 0 aliphatic carbocycles. The summed E-state index contributed by atoms with van der Waals surface area (Å²) < 4.78 is 0. The molecule has 54 heavy (non-hydrogen) atoms. The number of nitrogens with zero attached hydrogens (tertiary/aromatic N) is 3. The molecule has 0 radical (unpaired) electrons. The van der Waals surface area contributed by atoms with Gasteiger partial charge < -0.3 is 4.90 Å². The van der Waals surface area contributed by atoms with E-state index in [1.165, 1.54) is 54.6 Å². The fraction of sp³-hybridized carbons (Fsp3) is 0. The third-order valence-corrected chi connectivity index (χ3v) is 10.4. The van der Waals surface area contributed by atoms with Crippen molar-refractivity contribution in [2.45, 2.75) is 0 Å². The normalized spacial score (nSPS) is 11.3. The van der Waals surface area contributed by atoms with Crippen LogP contribution in [-0.4, -0.2) is 4.98 Å². The monoisotopic (exact) mass is 689 g/mol. The predicted octanol–water partition coefficient (Wildman–Crippen LogP) is 14.3. The summed E-state index contributed by atoms with van der Waals surface area (Å²) in [6.07, 6.45) is 1.86. The lowest BCUT2D eigenvalue weighted by atomic mass is 9.91. The molecule has 0 unspecified atom stereocenters. The number of para-hydroxylation sites is 2. The fourth-order valence-electron chi connectivity index (χ4n) is 7.96. The van der Waals surface area contributed by atoms with Crippen LogP contribution in [0.15, 0.2) is 212 Å². The summed E-state index contributed by atoms with van der Waals surface area (Å²) >= 11 is 0. The molecule has 0 spiro atoms. The molecule has 10 aromatic rings. The first kappa shape index (κ1) is 31.5. The van der Waals surface area contributed by atoms with Crippen LogP contribution < -0.4 is 9.80 Å². The highest BCUT2D eigenvalue weighted by Crippen LogP contribution is 2.48. The first-order valence-corrected chi connectivity index (χ1v) is 18.4. The average molecular weight is 690 g/mol. The van der Waals surface area contributed by atoms with E-state index in [1.807, 2.05) is 12.3 Å². The Morgan fingerprint density at radius 3 is 1.26 bits per heavy atom. The van der Waals surface area contributed by atoms with Crippen molar-refractivity contribution < 1.29 is 0 Å². The molecule has 0 aliphatic rings. The van der Waals surface area contributed by atoms with Crippen LogP contribution in [0.5, 0.6) is 0 Å². The van der Waals surface area contributed by atoms with Crippen LogP contribution in [0.25, 0.3) is 54.6 Å². The van der Waals surface area contributed by atoms with E-state index in [1.54, 1.807) is 0 Å². The van der Waals surface area contributed by atoms with Gasteiger partial charge in [-0.25, -0.2) is 4.98 Å². The van der Waals surface area contributed by atoms with Crippen LogP contribution >= 0.6 is 0 Å². The van der Waals surface area contributed by atoms with Crippen LogP contribution in [0.4, 0.5) is 34.3 Å². The molecule has 0 bridgehead atoms. The summed E-state index contributed by atoms with van der Waals surface area (Å²) in [5.74, 6) is 0.877. The van der Waals surface area contributed by atoms with E-state index in [2.05, 4.69) is 210 Å². The topological polar surface area (TPSA) is 19.4 Å². The van der Waals surface area contributed by atoms with Crippen LogP contribution in [0.2, 0.25) is 0 Å². The lowest BCUT2D eigenvalue weighted by molar-refractivity contribution is 1.19. The SMILES string of the molecule is c1ccc(-c2cc(-c3ccccc3)cc(N(c3ccccc3)c3ccc4ccc5c(N(c6ccccc6)c6ccccn6)ccc6ccc3c4c65)c2)cc1. The smallest absolute Gasteiger partial charge is 0.137 e. The van der Waals surface area contributed by atoms with Gasteiger partial charge in [-0.2, -0.15) is 0 Å². The van der Waals surface area contributed by atoms with Gasteiger partial charge in [-0.05, 0) is 111 Å². The number of hydrogen-bond acceptors (Lipinski definition) is 3. The lowest BCUT2D eigenvalue weighted by Gasteiger charge is -2.29. The summed E-state index contributed by atoms with van der Waals surface area (Å²) in [4.78, 5) is 9.52. The van der Waals surface area contributed by atoms with Crippen LogP contribution in [-0.2, 0) is 0 Å². The number of hydrogen-bond donors (Lipinski definition) is 0. The molecule has 0 atom stereocenters. The van der Waals surface area contributed by atoms with Crippen molar-refractivity contribution in [3.05, 3.63) is 212 Å². The first-order chi connectivity index (χ1) is 26.8. The Morgan fingerprint density at radius 2 is 0.759 bits per heavy atom. The first-order valence-electron chi connectivity index (χ1n) is 18.4. The van der Waals surface area contributed by atoms with Crippen LogP contribution in [0.1, 0.15) is 0 Å². The summed E-state index contributed by atoms with van der Waals surface area (Å²) in [6.45, 7) is 0. The summed E-state index contributed by atoms with van der Waals surface area (Å²) in [7, 11) is 0. The van der Waals surface area contributed by atoms with Gasteiger partial charge in [-0.3, -0.25) is 4.90 Å². The summed E-state index contributed by atoms with van der Waals surface area (Å²) in [6, 6.07) is 73.9.